The molecule has 1 aromatic carbocycles. The number of imide groups is 1. The number of benzene rings is 1. The monoisotopic (exact) mass is 494 g/mol. The molecule has 1 aromatic rings. The molecular weight excluding hydrogens is 476 g/mol. The third-order valence-electron chi connectivity index (χ3n) is 4.97. The minimum Gasteiger partial charge on any atom is -0.466 e. The molecule has 2 N–H and O–H groups in total. The summed E-state index contributed by atoms with van der Waals surface area (Å²) in [6, 6.07) is 4.58. The Morgan fingerprint density at radius 3 is 2.35 bits per heavy atom. The van der Waals surface area contributed by atoms with Crippen molar-refractivity contribution in [3.05, 3.63) is 51.0 Å². The summed E-state index contributed by atoms with van der Waals surface area (Å²) in [5.41, 5.74) is 3.35. The fourth-order valence-corrected chi connectivity index (χ4v) is 4.20. The van der Waals surface area contributed by atoms with Crippen molar-refractivity contribution in [1.82, 2.24) is 0 Å². The van der Waals surface area contributed by atoms with Crippen LogP contribution in [-0.2, 0) is 38.7 Å². The zero-order chi connectivity index (χ0) is 23.1. The summed E-state index contributed by atoms with van der Waals surface area (Å²) in [4.78, 5) is 53.1. The number of ether oxygens (including phenoxy) is 4. The van der Waals surface area contributed by atoms with E-state index in [1.165, 1.54) is 19.1 Å². The summed E-state index contributed by atoms with van der Waals surface area (Å²) < 4.78 is 20.7. The van der Waals surface area contributed by atoms with Crippen LogP contribution in [0.5, 0.6) is 0 Å². The Kier molecular flexibility index (Phi) is 5.81. The average Bonchev–Trinajstić information content (AvgIpc) is 2.96. The van der Waals surface area contributed by atoms with E-state index in [9.17, 15) is 19.2 Å². The number of carbonyl (C=O) groups excluding carboxylic acids is 4. The predicted octanol–water partition coefficient (Wildman–Crippen LogP) is 2.01. The number of hydrogen-bond donors (Lipinski definition) is 1. The highest BCUT2D eigenvalue weighted by Crippen LogP contribution is 2.55. The van der Waals surface area contributed by atoms with Crippen molar-refractivity contribution in [2.45, 2.75) is 19.3 Å². The van der Waals surface area contributed by atoms with Crippen molar-refractivity contribution in [2.24, 2.45) is 5.73 Å². The van der Waals surface area contributed by atoms with Gasteiger partial charge >= 0.3 is 18.0 Å². The smallest absolute Gasteiger partial charge is 0.421 e. The zero-order valence-electron chi connectivity index (χ0n) is 17.1. The van der Waals surface area contributed by atoms with Crippen molar-refractivity contribution in [2.75, 3.05) is 25.7 Å². The number of anilines is 1. The molecule has 0 fully saturated rings. The largest absolute Gasteiger partial charge is 0.466 e. The summed E-state index contributed by atoms with van der Waals surface area (Å²) in [6.07, 6.45) is -0.982. The number of hydrogen-bond acceptors (Lipinski definition) is 9. The van der Waals surface area contributed by atoms with Crippen molar-refractivity contribution < 1.29 is 38.1 Å². The van der Waals surface area contributed by atoms with Crippen LogP contribution in [-0.4, -0.2) is 44.8 Å². The topological polar surface area (TPSA) is 134 Å². The van der Waals surface area contributed by atoms with Crippen LogP contribution >= 0.6 is 15.9 Å². The Hall–Kier alpha value is -3.34. The molecule has 11 heteroatoms. The van der Waals surface area contributed by atoms with Gasteiger partial charge in [-0.3, -0.25) is 4.79 Å². The number of methoxy groups -OCH3 is 2. The minimum absolute atomic E-state index is 0.00878. The van der Waals surface area contributed by atoms with E-state index in [0.29, 0.717) is 4.47 Å². The van der Waals surface area contributed by atoms with E-state index in [2.05, 4.69) is 15.9 Å². The molecule has 0 saturated heterocycles. The zero-order valence-corrected chi connectivity index (χ0v) is 18.7. The summed E-state index contributed by atoms with van der Waals surface area (Å²) >= 11 is 3.33. The van der Waals surface area contributed by atoms with Gasteiger partial charge in [-0.05, 0) is 32.0 Å². The Morgan fingerprint density at radius 1 is 1.16 bits per heavy atom. The van der Waals surface area contributed by atoms with E-state index in [-0.39, 0.29) is 29.2 Å². The predicted molar refractivity (Wildman–Crippen MR) is 109 cm³/mol. The van der Waals surface area contributed by atoms with E-state index in [1.807, 2.05) is 0 Å². The number of nitrogens with zero attached hydrogens (tertiary/aromatic N) is 1. The van der Waals surface area contributed by atoms with Gasteiger partial charge in [0.05, 0.1) is 26.5 Å². The number of rotatable bonds is 3. The molecule has 31 heavy (non-hydrogen) atoms. The lowest BCUT2D eigenvalue weighted by Crippen LogP contribution is -2.51. The van der Waals surface area contributed by atoms with E-state index < -0.39 is 40.8 Å². The highest BCUT2D eigenvalue weighted by molar-refractivity contribution is 9.10. The van der Waals surface area contributed by atoms with E-state index in [0.717, 1.165) is 19.1 Å². The van der Waals surface area contributed by atoms with Crippen LogP contribution in [0.2, 0.25) is 0 Å². The molecule has 0 saturated carbocycles. The lowest BCUT2D eigenvalue weighted by molar-refractivity contribution is -0.141. The van der Waals surface area contributed by atoms with Gasteiger partial charge in [-0.2, -0.15) is 0 Å². The summed E-state index contributed by atoms with van der Waals surface area (Å²) in [7, 11) is 2.20. The lowest BCUT2D eigenvalue weighted by Gasteiger charge is -2.35. The fraction of sp³-hybridized carbons (Fsp3) is 0.300. The molecule has 10 nitrogen and oxygen atoms in total. The van der Waals surface area contributed by atoms with Gasteiger partial charge in [-0.1, -0.05) is 15.9 Å². The van der Waals surface area contributed by atoms with E-state index in [1.54, 1.807) is 13.0 Å². The Labute approximate surface area is 185 Å². The van der Waals surface area contributed by atoms with Gasteiger partial charge in [0.25, 0.3) is 5.91 Å². The first-order chi connectivity index (χ1) is 14.7. The Bertz CT molecular complexity index is 1040. The molecule has 0 radical (unpaired) electrons. The SMILES string of the molecule is CCOC(=O)N1C(=O)C2(C(C(=O)OC)=C(C)OC(N)=C2C(=O)OC)c2cc(Br)ccc21. The standard InChI is InChI=1S/C20H19BrN2O8/c1-5-30-19(27)23-12-7-6-10(21)8-11(12)20(18(23)26)13(16(24)28-3)9(2)31-15(22)14(20)17(25)29-4/h6-8H,5,22H2,1-4H3. The molecule has 3 rings (SSSR count). The summed E-state index contributed by atoms with van der Waals surface area (Å²) in [5.74, 6) is -3.43. The van der Waals surface area contributed by atoms with Gasteiger partial charge in [0.15, 0.2) is 0 Å². The number of halogens is 1. The maximum absolute atomic E-state index is 13.9. The molecule has 1 atom stereocenters. The van der Waals surface area contributed by atoms with Gasteiger partial charge < -0.3 is 24.7 Å². The molecule has 1 spiro atoms. The summed E-state index contributed by atoms with van der Waals surface area (Å²) in [5, 5.41) is 0. The quantitative estimate of drug-likeness (QED) is 0.494. The third-order valence-corrected chi connectivity index (χ3v) is 5.46. The van der Waals surface area contributed by atoms with Gasteiger partial charge in [0.2, 0.25) is 5.88 Å². The minimum atomic E-state index is -2.15. The van der Waals surface area contributed by atoms with Crippen molar-refractivity contribution in [1.29, 1.82) is 0 Å². The lowest BCUT2D eigenvalue weighted by atomic mass is 9.67. The van der Waals surface area contributed by atoms with Crippen molar-refractivity contribution in [3.8, 4) is 0 Å². The number of amides is 2. The van der Waals surface area contributed by atoms with E-state index >= 15 is 0 Å². The van der Waals surface area contributed by atoms with Crippen LogP contribution in [0.4, 0.5) is 10.5 Å². The van der Waals surface area contributed by atoms with Crippen LogP contribution in [0, 0.1) is 0 Å². The first-order valence-corrected chi connectivity index (χ1v) is 9.83. The van der Waals surface area contributed by atoms with Gasteiger partial charge in [0, 0.05) is 10.0 Å². The fourth-order valence-electron chi connectivity index (χ4n) is 3.84. The van der Waals surface area contributed by atoms with Crippen LogP contribution in [0.25, 0.3) is 0 Å². The Morgan fingerprint density at radius 2 is 1.77 bits per heavy atom. The number of carbonyl (C=O) groups is 4. The molecule has 0 aromatic heterocycles. The van der Waals surface area contributed by atoms with Crippen LogP contribution in [0.3, 0.4) is 0 Å². The number of nitrogens with two attached hydrogens (primary N) is 1. The Balaban J connectivity index is 2.50. The van der Waals surface area contributed by atoms with Crippen molar-refractivity contribution in [3.63, 3.8) is 0 Å². The second kappa shape index (κ2) is 8.06. The average molecular weight is 495 g/mol. The molecular formula is C20H19BrN2O8. The molecule has 2 aliphatic heterocycles. The highest BCUT2D eigenvalue weighted by atomic mass is 79.9. The first kappa shape index (κ1) is 22.3. The van der Waals surface area contributed by atoms with Crippen LogP contribution in [0.1, 0.15) is 19.4 Å². The normalized spacial score (nSPS) is 19.9. The van der Waals surface area contributed by atoms with Crippen LogP contribution < -0.4 is 10.6 Å². The molecule has 2 aliphatic rings. The molecule has 0 bridgehead atoms. The van der Waals surface area contributed by atoms with Crippen LogP contribution in [0.15, 0.2) is 45.5 Å². The molecule has 1 unspecified atom stereocenters. The molecule has 0 aliphatic carbocycles. The first-order valence-electron chi connectivity index (χ1n) is 9.04. The molecule has 2 amide bonds. The maximum Gasteiger partial charge on any atom is 0.421 e. The van der Waals surface area contributed by atoms with Gasteiger partial charge in [0.1, 0.15) is 22.3 Å². The molecule has 2 heterocycles. The van der Waals surface area contributed by atoms with Gasteiger partial charge in [-0.15, -0.1) is 0 Å². The van der Waals surface area contributed by atoms with Crippen molar-refractivity contribution >= 4 is 45.6 Å². The van der Waals surface area contributed by atoms with E-state index in [4.69, 9.17) is 24.7 Å². The summed E-state index contributed by atoms with van der Waals surface area (Å²) in [6.45, 7) is 2.96. The van der Waals surface area contributed by atoms with Gasteiger partial charge in [-0.25, -0.2) is 19.3 Å². The third kappa shape index (κ3) is 3.07. The number of allylic oxidation sites excluding steroid dienone is 1. The molecule has 164 valence electrons. The number of esters is 2. The number of fused-ring (bicyclic) bond motifs is 2. The second-order valence-electron chi connectivity index (χ2n) is 6.51. The second-order valence-corrected chi connectivity index (χ2v) is 7.42. The maximum atomic E-state index is 13.9. The highest BCUT2D eigenvalue weighted by Gasteiger charge is 2.65.